The van der Waals surface area contributed by atoms with Crippen molar-refractivity contribution in [3.05, 3.63) is 87.9 Å². The molecule has 0 radical (unpaired) electrons. The molecule has 7 heteroatoms. The Kier molecular flexibility index (Phi) is 6.00. The second-order valence-corrected chi connectivity index (χ2v) is 7.43. The van der Waals surface area contributed by atoms with Crippen LogP contribution < -0.4 is 5.32 Å². The minimum absolute atomic E-state index is 0.0222. The van der Waals surface area contributed by atoms with Crippen LogP contribution in [0.5, 0.6) is 0 Å². The highest BCUT2D eigenvalue weighted by Gasteiger charge is 2.18. The first-order valence-corrected chi connectivity index (χ1v) is 9.55. The van der Waals surface area contributed by atoms with E-state index in [-0.39, 0.29) is 22.4 Å². The Morgan fingerprint density at radius 1 is 1.04 bits per heavy atom. The fraction of sp³-hybridized carbons (Fsp3) is 0.105. The van der Waals surface area contributed by atoms with Crippen molar-refractivity contribution in [3.63, 3.8) is 0 Å². The molecular formula is C19H14F3NOS2. The Bertz CT molecular complexity index is 882. The molecule has 0 aliphatic heterocycles. The Hall–Kier alpha value is -2.25. The third-order valence-corrected chi connectivity index (χ3v) is 5.57. The Balaban J connectivity index is 1.70. The van der Waals surface area contributed by atoms with Crippen molar-refractivity contribution in [3.8, 4) is 0 Å². The number of carbonyl (C=O) groups excluding carboxylic acids is 1. The lowest BCUT2D eigenvalue weighted by Crippen LogP contribution is -2.30. The second-order valence-electron chi connectivity index (χ2n) is 5.43. The summed E-state index contributed by atoms with van der Waals surface area (Å²) in [5.74, 6) is -2.04. The van der Waals surface area contributed by atoms with Gasteiger partial charge in [0.2, 0.25) is 5.91 Å². The van der Waals surface area contributed by atoms with Crippen LogP contribution in [0.25, 0.3) is 0 Å². The zero-order valence-corrected chi connectivity index (χ0v) is 15.0. The van der Waals surface area contributed by atoms with E-state index in [1.165, 1.54) is 29.5 Å². The van der Waals surface area contributed by atoms with Gasteiger partial charge in [0, 0.05) is 15.8 Å². The quantitative estimate of drug-likeness (QED) is 0.586. The fourth-order valence-electron chi connectivity index (χ4n) is 2.37. The highest BCUT2D eigenvalue weighted by Crippen LogP contribution is 2.27. The van der Waals surface area contributed by atoms with Gasteiger partial charge in [0.15, 0.2) is 0 Å². The average molecular weight is 393 g/mol. The lowest BCUT2D eigenvalue weighted by molar-refractivity contribution is -0.119. The van der Waals surface area contributed by atoms with Gasteiger partial charge >= 0.3 is 0 Å². The number of hydrogen-bond donors (Lipinski definition) is 1. The maximum atomic E-state index is 13.7. The number of nitrogens with one attached hydrogen (secondary N) is 1. The van der Waals surface area contributed by atoms with Crippen molar-refractivity contribution in [2.45, 2.75) is 10.9 Å². The zero-order valence-electron chi connectivity index (χ0n) is 13.4. The predicted molar refractivity (Wildman–Crippen MR) is 97.8 cm³/mol. The number of thioether (sulfide) groups is 1. The first kappa shape index (κ1) is 18.5. The monoisotopic (exact) mass is 393 g/mol. The van der Waals surface area contributed by atoms with Crippen molar-refractivity contribution in [2.75, 3.05) is 5.75 Å². The van der Waals surface area contributed by atoms with Crippen molar-refractivity contribution in [1.82, 2.24) is 5.32 Å². The number of thiophene rings is 1. The Morgan fingerprint density at radius 3 is 2.42 bits per heavy atom. The van der Waals surface area contributed by atoms with Gasteiger partial charge in [-0.2, -0.15) is 0 Å². The summed E-state index contributed by atoms with van der Waals surface area (Å²) < 4.78 is 39.8. The van der Waals surface area contributed by atoms with Crippen LogP contribution >= 0.6 is 23.1 Å². The molecule has 3 aromatic rings. The molecule has 26 heavy (non-hydrogen) atoms. The summed E-state index contributed by atoms with van der Waals surface area (Å²) in [5.41, 5.74) is 0.750. The smallest absolute Gasteiger partial charge is 0.231 e. The van der Waals surface area contributed by atoms with E-state index in [0.29, 0.717) is 0 Å². The summed E-state index contributed by atoms with van der Waals surface area (Å²) in [4.78, 5) is 13.5. The summed E-state index contributed by atoms with van der Waals surface area (Å²) in [5, 5.41) is 4.78. The van der Waals surface area contributed by atoms with Gasteiger partial charge in [-0.15, -0.1) is 23.1 Å². The molecule has 134 valence electrons. The molecule has 1 atom stereocenters. The van der Waals surface area contributed by atoms with Gasteiger partial charge < -0.3 is 5.32 Å². The summed E-state index contributed by atoms with van der Waals surface area (Å²) in [7, 11) is 0. The van der Waals surface area contributed by atoms with E-state index in [1.807, 2.05) is 17.5 Å². The van der Waals surface area contributed by atoms with Crippen LogP contribution in [0.15, 0.2) is 64.9 Å². The second kappa shape index (κ2) is 8.42. The number of amides is 1. The molecule has 1 heterocycles. The molecule has 2 nitrogen and oxygen atoms in total. The van der Waals surface area contributed by atoms with Crippen LogP contribution in [0.4, 0.5) is 13.2 Å². The third-order valence-electron chi connectivity index (χ3n) is 3.59. The number of hydrogen-bond acceptors (Lipinski definition) is 3. The van der Waals surface area contributed by atoms with E-state index in [9.17, 15) is 18.0 Å². The van der Waals surface area contributed by atoms with Crippen LogP contribution in [0.2, 0.25) is 0 Å². The van der Waals surface area contributed by atoms with E-state index in [2.05, 4.69) is 5.32 Å². The van der Waals surface area contributed by atoms with Gasteiger partial charge in [-0.1, -0.05) is 18.2 Å². The highest BCUT2D eigenvalue weighted by molar-refractivity contribution is 8.00. The van der Waals surface area contributed by atoms with E-state index in [4.69, 9.17) is 0 Å². The van der Waals surface area contributed by atoms with Crippen molar-refractivity contribution < 1.29 is 18.0 Å². The molecule has 1 amide bonds. The fourth-order valence-corrected chi connectivity index (χ4v) is 3.90. The molecule has 0 aliphatic rings. The average Bonchev–Trinajstić information content (AvgIpc) is 3.14. The molecule has 0 saturated heterocycles. The Labute approximate surface area is 157 Å². The first-order chi connectivity index (χ1) is 12.5. The van der Waals surface area contributed by atoms with Gasteiger partial charge in [0.25, 0.3) is 0 Å². The SMILES string of the molecule is O=C(CSc1ccc(F)cc1F)NC(c1ccc(F)cc1)c1cccs1. The predicted octanol–water partition coefficient (Wildman–Crippen LogP) is 5.16. The third kappa shape index (κ3) is 4.68. The summed E-state index contributed by atoms with van der Waals surface area (Å²) in [6.45, 7) is 0. The lowest BCUT2D eigenvalue weighted by Gasteiger charge is -2.18. The molecule has 3 rings (SSSR count). The minimum atomic E-state index is -0.698. The van der Waals surface area contributed by atoms with E-state index < -0.39 is 17.7 Å². The van der Waals surface area contributed by atoms with Gasteiger partial charge in [-0.3, -0.25) is 4.79 Å². The highest BCUT2D eigenvalue weighted by atomic mass is 32.2. The van der Waals surface area contributed by atoms with Crippen molar-refractivity contribution in [1.29, 1.82) is 0 Å². The molecule has 1 aromatic heterocycles. The first-order valence-electron chi connectivity index (χ1n) is 7.69. The lowest BCUT2D eigenvalue weighted by atomic mass is 10.1. The topological polar surface area (TPSA) is 29.1 Å². The standard InChI is InChI=1S/C19H14F3NOS2/c20-13-5-3-12(4-6-13)19(17-2-1-9-25-17)23-18(24)11-26-16-8-7-14(21)10-15(16)22/h1-10,19H,11H2,(H,23,24). The van der Waals surface area contributed by atoms with Crippen LogP contribution in [0.3, 0.4) is 0 Å². The largest absolute Gasteiger partial charge is 0.344 e. The maximum Gasteiger partial charge on any atom is 0.231 e. The van der Waals surface area contributed by atoms with E-state index in [1.54, 1.807) is 12.1 Å². The molecule has 2 aromatic carbocycles. The molecule has 0 aliphatic carbocycles. The van der Waals surface area contributed by atoms with Gasteiger partial charge in [0.05, 0.1) is 11.8 Å². The molecule has 0 spiro atoms. The van der Waals surface area contributed by atoms with Gasteiger partial charge in [0.1, 0.15) is 17.5 Å². The Morgan fingerprint density at radius 2 is 1.77 bits per heavy atom. The number of carbonyl (C=O) groups is 1. The normalized spacial score (nSPS) is 12.0. The number of rotatable bonds is 6. The van der Waals surface area contributed by atoms with Crippen LogP contribution in [-0.4, -0.2) is 11.7 Å². The van der Waals surface area contributed by atoms with Crippen molar-refractivity contribution in [2.24, 2.45) is 0 Å². The van der Waals surface area contributed by atoms with Gasteiger partial charge in [-0.25, -0.2) is 13.2 Å². The number of halogens is 3. The molecule has 1 N–H and O–H groups in total. The molecule has 0 saturated carbocycles. The van der Waals surface area contributed by atoms with Crippen LogP contribution in [0, 0.1) is 17.5 Å². The molecule has 1 unspecified atom stereocenters. The van der Waals surface area contributed by atoms with Crippen LogP contribution in [-0.2, 0) is 4.79 Å². The summed E-state index contributed by atoms with van der Waals surface area (Å²) in [6.07, 6.45) is 0. The molecule has 0 fully saturated rings. The zero-order chi connectivity index (χ0) is 18.5. The van der Waals surface area contributed by atoms with E-state index in [0.717, 1.165) is 34.3 Å². The maximum absolute atomic E-state index is 13.7. The number of benzene rings is 2. The van der Waals surface area contributed by atoms with Crippen LogP contribution in [0.1, 0.15) is 16.5 Å². The summed E-state index contributed by atoms with van der Waals surface area (Å²) in [6, 6.07) is 12.5. The minimum Gasteiger partial charge on any atom is -0.344 e. The van der Waals surface area contributed by atoms with E-state index >= 15 is 0 Å². The summed E-state index contributed by atoms with van der Waals surface area (Å²) >= 11 is 2.46. The van der Waals surface area contributed by atoms with Crippen molar-refractivity contribution >= 4 is 29.0 Å². The van der Waals surface area contributed by atoms with Gasteiger partial charge in [-0.05, 0) is 41.3 Å². The molecule has 0 bridgehead atoms. The molecular weight excluding hydrogens is 379 g/mol.